The van der Waals surface area contributed by atoms with E-state index < -0.39 is 6.23 Å². The Morgan fingerprint density at radius 2 is 1.72 bits per heavy atom. The summed E-state index contributed by atoms with van der Waals surface area (Å²) in [6.07, 6.45) is -0.892. The number of aliphatic hydroxyl groups excluding tert-OH is 1. The number of hydrogen-bond donors (Lipinski definition) is 1. The topological polar surface area (TPSA) is 40.5 Å². The first-order valence-corrected chi connectivity index (χ1v) is 5.86. The van der Waals surface area contributed by atoms with Crippen LogP contribution in [0.1, 0.15) is 27.7 Å². The van der Waals surface area contributed by atoms with Crippen LogP contribution in [0.2, 0.25) is 0 Å². The predicted molar refractivity (Wildman–Crippen MR) is 69.4 cm³/mol. The zero-order chi connectivity index (χ0) is 12.7. The van der Waals surface area contributed by atoms with E-state index in [0.29, 0.717) is 16.8 Å². The second-order valence-electron chi connectivity index (χ2n) is 4.47. The van der Waals surface area contributed by atoms with Gasteiger partial charge in [-0.1, -0.05) is 35.9 Å². The van der Waals surface area contributed by atoms with Gasteiger partial charge in [0.25, 0.3) is 5.91 Å². The lowest BCUT2D eigenvalue weighted by molar-refractivity contribution is 0.0935. The molecule has 3 nitrogen and oxygen atoms in total. The molecular weight excluding hydrogens is 226 g/mol. The van der Waals surface area contributed by atoms with E-state index >= 15 is 0 Å². The Morgan fingerprint density at radius 3 is 2.39 bits per heavy atom. The van der Waals surface area contributed by atoms with Gasteiger partial charge in [0.1, 0.15) is 0 Å². The molecule has 0 spiro atoms. The van der Waals surface area contributed by atoms with Crippen molar-refractivity contribution in [2.75, 3.05) is 4.90 Å². The number of carbonyl (C=O) groups is 1. The number of fused-ring (bicyclic) bond motifs is 1. The number of anilines is 1. The number of rotatable bonds is 1. The molecule has 3 rings (SSSR count). The number of hydrogen-bond acceptors (Lipinski definition) is 2. The van der Waals surface area contributed by atoms with Crippen LogP contribution in [0.3, 0.4) is 0 Å². The van der Waals surface area contributed by atoms with Gasteiger partial charge in [-0.3, -0.25) is 9.69 Å². The van der Waals surface area contributed by atoms with Gasteiger partial charge < -0.3 is 5.11 Å². The van der Waals surface area contributed by atoms with Gasteiger partial charge in [-0.2, -0.15) is 0 Å². The van der Waals surface area contributed by atoms with Crippen LogP contribution in [-0.4, -0.2) is 11.0 Å². The van der Waals surface area contributed by atoms with Gasteiger partial charge in [0, 0.05) is 16.8 Å². The highest BCUT2D eigenvalue weighted by Gasteiger charge is 2.35. The molecule has 1 aliphatic heterocycles. The summed E-state index contributed by atoms with van der Waals surface area (Å²) in [6, 6.07) is 14.7. The zero-order valence-corrected chi connectivity index (χ0v) is 10.00. The highest BCUT2D eigenvalue weighted by atomic mass is 16.3. The molecule has 0 radical (unpaired) electrons. The van der Waals surface area contributed by atoms with Crippen molar-refractivity contribution in [1.82, 2.24) is 0 Å². The van der Waals surface area contributed by atoms with E-state index in [1.54, 1.807) is 12.1 Å². The van der Waals surface area contributed by atoms with Crippen molar-refractivity contribution in [2.24, 2.45) is 0 Å². The first kappa shape index (κ1) is 11.0. The molecule has 1 amide bonds. The SMILES string of the molecule is Cc1ccc(N2C(=O)c3ccccc3[C@@H]2O)cc1. The molecule has 2 aromatic rings. The molecule has 0 bridgehead atoms. The highest BCUT2D eigenvalue weighted by molar-refractivity contribution is 6.10. The van der Waals surface area contributed by atoms with Crippen molar-refractivity contribution in [3.8, 4) is 0 Å². The molecule has 1 N–H and O–H groups in total. The van der Waals surface area contributed by atoms with Gasteiger partial charge in [-0.25, -0.2) is 0 Å². The Bertz CT molecular complexity index is 604. The lowest BCUT2D eigenvalue weighted by Gasteiger charge is -2.21. The predicted octanol–water partition coefficient (Wildman–Crippen LogP) is 2.65. The second-order valence-corrected chi connectivity index (χ2v) is 4.47. The van der Waals surface area contributed by atoms with E-state index in [1.165, 1.54) is 4.90 Å². The molecule has 0 aliphatic carbocycles. The Kier molecular flexibility index (Phi) is 2.42. The molecule has 1 heterocycles. The van der Waals surface area contributed by atoms with E-state index in [1.807, 2.05) is 43.3 Å². The molecule has 0 saturated carbocycles. The molecule has 90 valence electrons. The van der Waals surface area contributed by atoms with Crippen molar-refractivity contribution in [3.63, 3.8) is 0 Å². The quantitative estimate of drug-likeness (QED) is 0.831. The normalized spacial score (nSPS) is 18.0. The third kappa shape index (κ3) is 1.52. The molecule has 1 atom stereocenters. The summed E-state index contributed by atoms with van der Waals surface area (Å²) in [5, 5.41) is 10.2. The molecule has 0 saturated heterocycles. The van der Waals surface area contributed by atoms with E-state index in [2.05, 4.69) is 0 Å². The van der Waals surface area contributed by atoms with Gasteiger partial charge in [0.15, 0.2) is 6.23 Å². The third-order valence-corrected chi connectivity index (χ3v) is 3.24. The molecule has 0 unspecified atom stereocenters. The smallest absolute Gasteiger partial charge is 0.261 e. The average Bonchev–Trinajstić information content (AvgIpc) is 2.64. The molecule has 18 heavy (non-hydrogen) atoms. The lowest BCUT2D eigenvalue weighted by Crippen LogP contribution is -2.27. The Hall–Kier alpha value is -2.13. The van der Waals surface area contributed by atoms with Crippen LogP contribution >= 0.6 is 0 Å². The summed E-state index contributed by atoms with van der Waals surface area (Å²) in [5.74, 6) is -0.151. The van der Waals surface area contributed by atoms with Crippen molar-refractivity contribution < 1.29 is 9.90 Å². The van der Waals surface area contributed by atoms with E-state index in [-0.39, 0.29) is 5.91 Å². The van der Waals surface area contributed by atoms with Crippen LogP contribution in [0.5, 0.6) is 0 Å². The summed E-state index contributed by atoms with van der Waals surface area (Å²) in [7, 11) is 0. The van der Waals surface area contributed by atoms with Crippen molar-refractivity contribution in [1.29, 1.82) is 0 Å². The average molecular weight is 239 g/mol. The van der Waals surface area contributed by atoms with E-state index in [9.17, 15) is 9.90 Å². The van der Waals surface area contributed by atoms with Gasteiger partial charge in [-0.05, 0) is 25.1 Å². The van der Waals surface area contributed by atoms with Crippen LogP contribution in [0.15, 0.2) is 48.5 Å². The van der Waals surface area contributed by atoms with Gasteiger partial charge >= 0.3 is 0 Å². The maximum Gasteiger partial charge on any atom is 0.261 e. The van der Waals surface area contributed by atoms with E-state index in [0.717, 1.165) is 5.56 Å². The van der Waals surface area contributed by atoms with E-state index in [4.69, 9.17) is 0 Å². The number of nitrogens with zero attached hydrogens (tertiary/aromatic N) is 1. The van der Waals surface area contributed by atoms with Crippen molar-refractivity contribution in [2.45, 2.75) is 13.2 Å². The number of benzene rings is 2. The minimum Gasteiger partial charge on any atom is -0.369 e. The van der Waals surface area contributed by atoms with Gasteiger partial charge in [0.2, 0.25) is 0 Å². The molecule has 0 aromatic heterocycles. The molecule has 2 aromatic carbocycles. The fourth-order valence-electron chi connectivity index (χ4n) is 2.26. The summed E-state index contributed by atoms with van der Waals surface area (Å²) in [4.78, 5) is 13.7. The Morgan fingerprint density at radius 1 is 1.06 bits per heavy atom. The molecular formula is C15H13NO2. The largest absolute Gasteiger partial charge is 0.369 e. The standard InChI is InChI=1S/C15H13NO2/c1-10-6-8-11(9-7-10)16-14(17)12-4-2-3-5-13(12)15(16)18/h2-9,14,17H,1H3/t14-/m0/s1. The zero-order valence-electron chi connectivity index (χ0n) is 10.00. The van der Waals surface area contributed by atoms with Crippen molar-refractivity contribution >= 4 is 11.6 Å². The maximum absolute atomic E-state index is 12.3. The molecule has 1 aliphatic rings. The Labute approximate surface area is 105 Å². The van der Waals surface area contributed by atoms with Crippen LogP contribution in [0, 0.1) is 6.92 Å². The van der Waals surface area contributed by atoms with Gasteiger partial charge in [0.05, 0.1) is 0 Å². The first-order valence-electron chi connectivity index (χ1n) is 5.86. The summed E-state index contributed by atoms with van der Waals surface area (Å²) in [6.45, 7) is 1.99. The minimum atomic E-state index is -0.892. The third-order valence-electron chi connectivity index (χ3n) is 3.24. The van der Waals surface area contributed by atoms with Crippen LogP contribution in [-0.2, 0) is 0 Å². The van der Waals surface area contributed by atoms with Crippen LogP contribution < -0.4 is 4.90 Å². The van der Waals surface area contributed by atoms with Gasteiger partial charge in [-0.15, -0.1) is 0 Å². The van der Waals surface area contributed by atoms with Crippen LogP contribution in [0.4, 0.5) is 5.69 Å². The molecule has 3 heteroatoms. The summed E-state index contributed by atoms with van der Waals surface area (Å²) in [5.41, 5.74) is 3.08. The number of aliphatic hydroxyl groups is 1. The fourth-order valence-corrected chi connectivity index (χ4v) is 2.26. The van der Waals surface area contributed by atoms with Crippen molar-refractivity contribution in [3.05, 3.63) is 65.2 Å². The Balaban J connectivity index is 2.06. The summed E-state index contributed by atoms with van der Waals surface area (Å²) < 4.78 is 0. The van der Waals surface area contributed by atoms with Crippen LogP contribution in [0.25, 0.3) is 0 Å². The molecule has 0 fully saturated rings. The lowest BCUT2D eigenvalue weighted by atomic mass is 10.1. The summed E-state index contributed by atoms with van der Waals surface area (Å²) >= 11 is 0. The number of amides is 1. The number of carbonyl (C=O) groups excluding carboxylic acids is 1. The number of aryl methyl sites for hydroxylation is 1. The highest BCUT2D eigenvalue weighted by Crippen LogP contribution is 2.35. The minimum absolute atomic E-state index is 0.151. The monoisotopic (exact) mass is 239 g/mol. The maximum atomic E-state index is 12.3. The fraction of sp³-hybridized carbons (Fsp3) is 0.133. The second kappa shape index (κ2) is 3.96. The first-order chi connectivity index (χ1) is 8.68.